The Morgan fingerprint density at radius 2 is 2.02 bits per heavy atom. The highest BCUT2D eigenvalue weighted by atomic mass is 19.3. The summed E-state index contributed by atoms with van der Waals surface area (Å²) >= 11 is 0. The SMILES string of the molecule is CC/C=C/C(CC1CCCNC1=O)=N\n1cc(C(CCC(C)(C)C(C)(F)F)NC(=C2CCC2)/C(C)=C/C=NC)nc1C. The van der Waals surface area contributed by atoms with Gasteiger partial charge in [-0.2, -0.15) is 5.10 Å². The van der Waals surface area contributed by atoms with E-state index in [4.69, 9.17) is 10.1 Å². The monoisotopic (exact) mass is 584 g/mol. The van der Waals surface area contributed by atoms with Crippen molar-refractivity contribution in [1.29, 1.82) is 0 Å². The number of carbonyl (C=O) groups excluding carboxylic acids is 1. The molecule has 1 saturated heterocycles. The Hall–Kier alpha value is -3.10. The number of hydrogen-bond donors (Lipinski definition) is 2. The first-order valence-electron chi connectivity index (χ1n) is 15.4. The van der Waals surface area contributed by atoms with Crippen LogP contribution in [0.5, 0.6) is 0 Å². The van der Waals surface area contributed by atoms with E-state index in [1.807, 2.05) is 25.3 Å². The highest BCUT2D eigenvalue weighted by Gasteiger charge is 2.42. The van der Waals surface area contributed by atoms with Crippen LogP contribution < -0.4 is 10.6 Å². The zero-order valence-corrected chi connectivity index (χ0v) is 26.6. The molecule has 2 atom stereocenters. The van der Waals surface area contributed by atoms with Gasteiger partial charge >= 0.3 is 0 Å². The lowest BCUT2D eigenvalue weighted by atomic mass is 9.80. The molecule has 1 aromatic heterocycles. The third-order valence-electron chi connectivity index (χ3n) is 8.61. The van der Waals surface area contributed by atoms with Gasteiger partial charge in [0.05, 0.1) is 23.6 Å². The number of nitrogens with one attached hydrogen (secondary N) is 2. The number of nitrogens with zero attached hydrogens (tertiary/aromatic N) is 4. The van der Waals surface area contributed by atoms with E-state index in [1.54, 1.807) is 31.8 Å². The normalized spacial score (nSPS) is 19.8. The number of alkyl halides is 2. The number of amides is 1. The molecule has 1 saturated carbocycles. The van der Waals surface area contributed by atoms with Crippen LogP contribution >= 0.6 is 0 Å². The average Bonchev–Trinajstić information content (AvgIpc) is 3.26. The Morgan fingerprint density at radius 3 is 2.62 bits per heavy atom. The molecule has 1 amide bonds. The van der Waals surface area contributed by atoms with E-state index < -0.39 is 11.3 Å². The third kappa shape index (κ3) is 8.95. The molecule has 2 unspecified atom stereocenters. The van der Waals surface area contributed by atoms with Crippen molar-refractivity contribution in [3.05, 3.63) is 52.8 Å². The second-order valence-corrected chi connectivity index (χ2v) is 12.4. The largest absolute Gasteiger partial charge is 0.376 e. The number of aliphatic imine (C=N–C) groups is 1. The second-order valence-electron chi connectivity index (χ2n) is 12.4. The van der Waals surface area contributed by atoms with Gasteiger partial charge in [0.2, 0.25) is 11.8 Å². The molecule has 0 spiro atoms. The van der Waals surface area contributed by atoms with Crippen molar-refractivity contribution < 1.29 is 13.6 Å². The molecule has 2 aliphatic rings. The Morgan fingerprint density at radius 1 is 1.29 bits per heavy atom. The number of imidazole rings is 1. The number of aromatic nitrogens is 2. The number of carbonyl (C=O) groups is 1. The molecule has 1 aliphatic heterocycles. The summed E-state index contributed by atoms with van der Waals surface area (Å²) in [6.45, 7) is 11.0. The molecule has 0 bridgehead atoms. The van der Waals surface area contributed by atoms with Crippen LogP contribution in [0.15, 0.2) is 51.4 Å². The number of halogens is 2. The van der Waals surface area contributed by atoms with Crippen LogP contribution in [0.1, 0.15) is 110 Å². The van der Waals surface area contributed by atoms with Crippen LogP contribution in [-0.4, -0.2) is 47.0 Å². The lowest BCUT2D eigenvalue weighted by Crippen LogP contribution is -2.37. The molecule has 0 radical (unpaired) electrons. The quantitative estimate of drug-likeness (QED) is 0.223. The summed E-state index contributed by atoms with van der Waals surface area (Å²) in [6.07, 6.45) is 16.9. The molecule has 2 heterocycles. The fourth-order valence-corrected chi connectivity index (χ4v) is 5.13. The fraction of sp³-hybridized carbons (Fsp3) is 0.636. The lowest BCUT2D eigenvalue weighted by molar-refractivity contribution is -0.126. The zero-order chi connectivity index (χ0) is 30.9. The molecule has 0 aromatic carbocycles. The van der Waals surface area contributed by atoms with Gasteiger partial charge in [-0.15, -0.1) is 0 Å². The summed E-state index contributed by atoms with van der Waals surface area (Å²) in [6, 6.07) is -0.287. The van der Waals surface area contributed by atoms with E-state index in [0.29, 0.717) is 25.1 Å². The molecule has 2 fully saturated rings. The van der Waals surface area contributed by atoms with E-state index in [9.17, 15) is 13.6 Å². The van der Waals surface area contributed by atoms with Crippen LogP contribution in [0.4, 0.5) is 8.78 Å². The van der Waals surface area contributed by atoms with E-state index >= 15 is 0 Å². The highest BCUT2D eigenvalue weighted by molar-refractivity contribution is 5.97. The molecular formula is C33H50F2N6O. The maximum atomic E-state index is 14.5. The van der Waals surface area contributed by atoms with E-state index in [2.05, 4.69) is 35.5 Å². The predicted molar refractivity (Wildman–Crippen MR) is 168 cm³/mol. The summed E-state index contributed by atoms with van der Waals surface area (Å²) in [4.78, 5) is 21.4. The van der Waals surface area contributed by atoms with Crippen molar-refractivity contribution in [3.8, 4) is 0 Å². The molecule has 1 aromatic rings. The van der Waals surface area contributed by atoms with E-state index in [-0.39, 0.29) is 17.9 Å². The van der Waals surface area contributed by atoms with Crippen LogP contribution in [0.2, 0.25) is 0 Å². The van der Waals surface area contributed by atoms with E-state index in [1.165, 1.54) is 5.57 Å². The molecule has 232 valence electrons. The zero-order valence-electron chi connectivity index (χ0n) is 26.6. The number of allylic oxidation sites excluding steroid dienone is 5. The molecule has 9 heteroatoms. The van der Waals surface area contributed by atoms with Gasteiger partial charge in [0.25, 0.3) is 0 Å². The van der Waals surface area contributed by atoms with Gasteiger partial charge in [0.15, 0.2) is 0 Å². The number of aryl methyl sites for hydroxylation is 1. The maximum absolute atomic E-state index is 14.5. The van der Waals surface area contributed by atoms with Gasteiger partial charge in [0.1, 0.15) is 5.82 Å². The van der Waals surface area contributed by atoms with Crippen LogP contribution in [0.25, 0.3) is 0 Å². The summed E-state index contributed by atoms with van der Waals surface area (Å²) in [5.74, 6) is -2.14. The molecule has 3 rings (SSSR count). The first-order valence-corrected chi connectivity index (χ1v) is 15.4. The Bertz CT molecular complexity index is 1230. The average molecular weight is 585 g/mol. The Kier molecular flexibility index (Phi) is 11.8. The minimum absolute atomic E-state index is 0.0783. The number of hydrogen-bond acceptors (Lipinski definition) is 5. The van der Waals surface area contributed by atoms with E-state index in [0.717, 1.165) is 74.7 Å². The summed E-state index contributed by atoms with van der Waals surface area (Å²) < 4.78 is 30.7. The minimum atomic E-state index is -2.81. The summed E-state index contributed by atoms with van der Waals surface area (Å²) in [5, 5.41) is 11.6. The van der Waals surface area contributed by atoms with Gasteiger partial charge in [-0.3, -0.25) is 9.79 Å². The van der Waals surface area contributed by atoms with Crippen molar-refractivity contribution >= 4 is 17.8 Å². The molecule has 42 heavy (non-hydrogen) atoms. The van der Waals surface area contributed by atoms with Gasteiger partial charge in [-0.05, 0) is 95.4 Å². The summed E-state index contributed by atoms with van der Waals surface area (Å²) in [7, 11) is 1.74. The van der Waals surface area contributed by atoms with Crippen molar-refractivity contribution in [3.63, 3.8) is 0 Å². The first kappa shape index (κ1) is 33.4. The van der Waals surface area contributed by atoms with Gasteiger partial charge in [-0.1, -0.05) is 26.8 Å². The van der Waals surface area contributed by atoms with Crippen molar-refractivity contribution in [2.45, 2.75) is 111 Å². The van der Waals surface area contributed by atoms with Crippen LogP contribution in [0.3, 0.4) is 0 Å². The minimum Gasteiger partial charge on any atom is -0.376 e. The molecule has 2 N–H and O–H groups in total. The summed E-state index contributed by atoms with van der Waals surface area (Å²) in [5.41, 5.74) is 3.85. The molecular weight excluding hydrogens is 534 g/mol. The number of rotatable bonds is 14. The highest BCUT2D eigenvalue weighted by Crippen LogP contribution is 2.41. The first-order chi connectivity index (χ1) is 19.9. The van der Waals surface area contributed by atoms with Gasteiger partial charge in [0, 0.05) is 43.3 Å². The van der Waals surface area contributed by atoms with Crippen molar-refractivity contribution in [2.75, 3.05) is 13.6 Å². The Labute approximate surface area is 250 Å². The lowest BCUT2D eigenvalue weighted by Gasteiger charge is -2.34. The van der Waals surface area contributed by atoms with Crippen LogP contribution in [0, 0.1) is 18.3 Å². The predicted octanol–water partition coefficient (Wildman–Crippen LogP) is 7.46. The van der Waals surface area contributed by atoms with Crippen molar-refractivity contribution in [1.82, 2.24) is 20.3 Å². The topological polar surface area (TPSA) is 83.7 Å². The third-order valence-corrected chi connectivity index (χ3v) is 8.61. The van der Waals surface area contributed by atoms with Crippen molar-refractivity contribution in [2.24, 2.45) is 21.4 Å². The fourth-order valence-electron chi connectivity index (χ4n) is 5.13. The maximum Gasteiger partial charge on any atom is 0.250 e. The number of piperidine rings is 1. The molecule has 1 aliphatic carbocycles. The van der Waals surface area contributed by atoms with Crippen LogP contribution in [-0.2, 0) is 4.79 Å². The van der Waals surface area contributed by atoms with Gasteiger partial charge < -0.3 is 10.6 Å². The molecule has 7 nitrogen and oxygen atoms in total. The van der Waals surface area contributed by atoms with Gasteiger partial charge in [-0.25, -0.2) is 18.4 Å². The second kappa shape index (κ2) is 14.9. The Balaban J connectivity index is 1.98. The standard InChI is InChI=1S/C33H50F2N6O/c1-8-9-15-27(21-26-14-11-19-37-31(26)42)40-41-22-29(38-24(41)3)28(16-18-32(4,5)33(6,34)35)39-30(25-12-10-13-25)23(2)17-20-36-7/h9,15,17,20,22,26,28,39H,8,10-14,16,18-19,21H2,1-7H3,(H,37,42)/b15-9+,23-17+,36-20?,40-27+. The smallest absolute Gasteiger partial charge is 0.250 e.